The van der Waals surface area contributed by atoms with E-state index in [-0.39, 0.29) is 11.9 Å². The van der Waals surface area contributed by atoms with Gasteiger partial charge in [0.05, 0.1) is 11.0 Å². The second-order valence-corrected chi connectivity index (χ2v) is 5.63. The first-order valence-corrected chi connectivity index (χ1v) is 7.59. The van der Waals surface area contributed by atoms with Crippen molar-refractivity contribution >= 4 is 17.2 Å². The summed E-state index contributed by atoms with van der Waals surface area (Å²) in [5, 5.41) is 6.44. The molecule has 1 saturated heterocycles. The second-order valence-electron chi connectivity index (χ2n) is 4.65. The highest BCUT2D eigenvalue weighted by Crippen LogP contribution is 2.13. The first kappa shape index (κ1) is 13.5. The van der Waals surface area contributed by atoms with E-state index in [9.17, 15) is 4.79 Å². The zero-order valence-electron chi connectivity index (χ0n) is 10.9. The summed E-state index contributed by atoms with van der Waals surface area (Å²) in [7, 11) is 0. The highest BCUT2D eigenvalue weighted by atomic mass is 32.1. The minimum Gasteiger partial charge on any atom is -0.341 e. The van der Waals surface area contributed by atoms with Crippen LogP contribution in [-0.4, -0.2) is 41.5 Å². The molecule has 4 nitrogen and oxygen atoms in total. The molecule has 0 aromatic carbocycles. The van der Waals surface area contributed by atoms with Gasteiger partial charge in [-0.15, -0.1) is 11.3 Å². The number of nitrogens with zero attached hydrogens (tertiary/aromatic N) is 2. The molecule has 100 valence electrons. The SMILES string of the molecule is CCCNC1CCCN(CCc2nccs2)C1=O. The molecule has 2 heterocycles. The zero-order chi connectivity index (χ0) is 12.8. The van der Waals surface area contributed by atoms with Crippen molar-refractivity contribution in [3.63, 3.8) is 0 Å². The summed E-state index contributed by atoms with van der Waals surface area (Å²) in [6.45, 7) is 4.75. The molecule has 1 amide bonds. The Kier molecular flexibility index (Phi) is 5.13. The maximum Gasteiger partial charge on any atom is 0.239 e. The Balaban J connectivity index is 1.82. The van der Waals surface area contributed by atoms with E-state index in [1.165, 1.54) is 0 Å². The van der Waals surface area contributed by atoms with E-state index in [0.29, 0.717) is 0 Å². The van der Waals surface area contributed by atoms with Crippen LogP contribution in [0.5, 0.6) is 0 Å². The van der Waals surface area contributed by atoms with Gasteiger partial charge in [-0.1, -0.05) is 6.92 Å². The van der Waals surface area contributed by atoms with Crippen molar-refractivity contribution in [3.05, 3.63) is 16.6 Å². The fourth-order valence-corrected chi connectivity index (χ4v) is 2.89. The third-order valence-electron chi connectivity index (χ3n) is 3.25. The van der Waals surface area contributed by atoms with Gasteiger partial charge in [0.2, 0.25) is 5.91 Å². The monoisotopic (exact) mass is 267 g/mol. The summed E-state index contributed by atoms with van der Waals surface area (Å²) < 4.78 is 0. The largest absolute Gasteiger partial charge is 0.341 e. The van der Waals surface area contributed by atoms with Gasteiger partial charge in [-0.2, -0.15) is 0 Å². The van der Waals surface area contributed by atoms with Crippen LogP contribution >= 0.6 is 11.3 Å². The Bertz CT molecular complexity index is 366. The van der Waals surface area contributed by atoms with Gasteiger partial charge in [-0.05, 0) is 25.8 Å². The average Bonchev–Trinajstić information content (AvgIpc) is 2.89. The van der Waals surface area contributed by atoms with Crippen molar-refractivity contribution < 1.29 is 4.79 Å². The van der Waals surface area contributed by atoms with Gasteiger partial charge < -0.3 is 10.2 Å². The highest BCUT2D eigenvalue weighted by molar-refractivity contribution is 7.09. The lowest BCUT2D eigenvalue weighted by Crippen LogP contribution is -2.51. The number of piperidine rings is 1. The predicted molar refractivity (Wildman–Crippen MR) is 73.7 cm³/mol. The highest BCUT2D eigenvalue weighted by Gasteiger charge is 2.27. The lowest BCUT2D eigenvalue weighted by Gasteiger charge is -2.32. The molecule has 1 atom stereocenters. The minimum absolute atomic E-state index is 0.0370. The smallest absolute Gasteiger partial charge is 0.239 e. The van der Waals surface area contributed by atoms with E-state index >= 15 is 0 Å². The number of carbonyl (C=O) groups excluding carboxylic acids is 1. The quantitative estimate of drug-likeness (QED) is 0.853. The molecule has 1 aromatic heterocycles. The maximum absolute atomic E-state index is 12.2. The number of aromatic nitrogens is 1. The standard InChI is InChI=1S/C13H21N3OS/c1-2-6-14-11-4-3-8-16(13(11)17)9-5-12-15-7-10-18-12/h7,10-11,14H,2-6,8-9H2,1H3. The van der Waals surface area contributed by atoms with Crippen molar-refractivity contribution in [2.75, 3.05) is 19.6 Å². The van der Waals surface area contributed by atoms with Crippen LogP contribution in [-0.2, 0) is 11.2 Å². The number of hydrogen-bond acceptors (Lipinski definition) is 4. The number of likely N-dealkylation sites (tertiary alicyclic amines) is 1. The molecule has 2 rings (SSSR count). The van der Waals surface area contributed by atoms with E-state index in [1.54, 1.807) is 11.3 Å². The molecule has 18 heavy (non-hydrogen) atoms. The van der Waals surface area contributed by atoms with E-state index in [1.807, 2.05) is 16.5 Å². The molecule has 1 N–H and O–H groups in total. The summed E-state index contributed by atoms with van der Waals surface area (Å²) in [4.78, 5) is 18.5. The molecular weight excluding hydrogens is 246 g/mol. The van der Waals surface area contributed by atoms with Crippen LogP contribution in [0, 0.1) is 0 Å². The fraction of sp³-hybridized carbons (Fsp3) is 0.692. The molecule has 0 aliphatic carbocycles. The summed E-state index contributed by atoms with van der Waals surface area (Å²) >= 11 is 1.66. The maximum atomic E-state index is 12.2. The lowest BCUT2D eigenvalue weighted by molar-refractivity contribution is -0.135. The van der Waals surface area contributed by atoms with E-state index in [4.69, 9.17) is 0 Å². The molecular formula is C13H21N3OS. The molecule has 0 saturated carbocycles. The van der Waals surface area contributed by atoms with Gasteiger partial charge in [-0.25, -0.2) is 4.98 Å². The Morgan fingerprint density at radius 1 is 1.61 bits per heavy atom. The van der Waals surface area contributed by atoms with Gasteiger partial charge >= 0.3 is 0 Å². The van der Waals surface area contributed by atoms with Crippen LogP contribution in [0.3, 0.4) is 0 Å². The summed E-state index contributed by atoms with van der Waals surface area (Å²) in [6.07, 6.45) is 5.86. The van der Waals surface area contributed by atoms with Crippen LogP contribution in [0.1, 0.15) is 31.2 Å². The Labute approximate surface area is 112 Å². The molecule has 1 unspecified atom stereocenters. The second kappa shape index (κ2) is 6.85. The van der Waals surface area contributed by atoms with Gasteiger partial charge in [0, 0.05) is 31.1 Å². The van der Waals surface area contributed by atoms with Crippen LogP contribution < -0.4 is 5.32 Å². The van der Waals surface area contributed by atoms with Gasteiger partial charge in [0.15, 0.2) is 0 Å². The Hall–Kier alpha value is -0.940. The third kappa shape index (κ3) is 3.53. The molecule has 0 bridgehead atoms. The van der Waals surface area contributed by atoms with Crippen molar-refractivity contribution in [3.8, 4) is 0 Å². The third-order valence-corrected chi connectivity index (χ3v) is 4.09. The number of carbonyl (C=O) groups is 1. The van der Waals surface area contributed by atoms with Crippen molar-refractivity contribution in [2.24, 2.45) is 0 Å². The number of nitrogens with one attached hydrogen (secondary N) is 1. The lowest BCUT2D eigenvalue weighted by atomic mass is 10.0. The molecule has 1 fully saturated rings. The first-order chi connectivity index (χ1) is 8.81. The number of amides is 1. The van der Waals surface area contributed by atoms with Gasteiger partial charge in [0.25, 0.3) is 0 Å². The average molecular weight is 267 g/mol. The van der Waals surface area contributed by atoms with Crippen LogP contribution in [0.25, 0.3) is 0 Å². The molecule has 1 aliphatic heterocycles. The van der Waals surface area contributed by atoms with Crippen LogP contribution in [0.2, 0.25) is 0 Å². The summed E-state index contributed by atoms with van der Waals surface area (Å²) in [5.41, 5.74) is 0. The van der Waals surface area contributed by atoms with Crippen molar-refractivity contribution in [1.82, 2.24) is 15.2 Å². The number of thiazole rings is 1. The Morgan fingerprint density at radius 3 is 3.22 bits per heavy atom. The molecule has 0 spiro atoms. The zero-order valence-corrected chi connectivity index (χ0v) is 11.7. The van der Waals surface area contributed by atoms with Crippen LogP contribution in [0.4, 0.5) is 0 Å². The van der Waals surface area contributed by atoms with E-state index in [2.05, 4.69) is 17.2 Å². The predicted octanol–water partition coefficient (Wildman–Crippen LogP) is 1.68. The number of rotatable bonds is 6. The minimum atomic E-state index is 0.0370. The normalized spacial score (nSPS) is 20.4. The molecule has 1 aliphatic rings. The van der Waals surface area contributed by atoms with Crippen molar-refractivity contribution in [2.45, 2.75) is 38.6 Å². The van der Waals surface area contributed by atoms with E-state index < -0.39 is 0 Å². The molecule has 0 radical (unpaired) electrons. The topological polar surface area (TPSA) is 45.2 Å². The van der Waals surface area contributed by atoms with Gasteiger partial charge in [0.1, 0.15) is 0 Å². The molecule has 5 heteroatoms. The first-order valence-electron chi connectivity index (χ1n) is 6.71. The summed E-state index contributed by atoms with van der Waals surface area (Å²) in [5.74, 6) is 0.270. The fourth-order valence-electron chi connectivity index (χ4n) is 2.28. The van der Waals surface area contributed by atoms with Crippen LogP contribution in [0.15, 0.2) is 11.6 Å². The van der Waals surface area contributed by atoms with Gasteiger partial charge in [-0.3, -0.25) is 4.79 Å². The summed E-state index contributed by atoms with van der Waals surface area (Å²) in [6, 6.07) is 0.0370. The molecule has 1 aromatic rings. The number of hydrogen-bond donors (Lipinski definition) is 1. The van der Waals surface area contributed by atoms with Crippen molar-refractivity contribution in [1.29, 1.82) is 0 Å². The Morgan fingerprint density at radius 2 is 2.50 bits per heavy atom. The van der Waals surface area contributed by atoms with E-state index in [0.717, 1.165) is 50.3 Å².